The van der Waals surface area contributed by atoms with Gasteiger partial charge in [0.25, 0.3) is 0 Å². The van der Waals surface area contributed by atoms with E-state index in [0.717, 1.165) is 17.5 Å². The van der Waals surface area contributed by atoms with Crippen LogP contribution in [0.25, 0.3) is 6.08 Å². The van der Waals surface area contributed by atoms with E-state index < -0.39 is 30.4 Å². The van der Waals surface area contributed by atoms with Gasteiger partial charge in [-0.1, -0.05) is 52.3 Å². The SMILES string of the molecule is CC[C@H](C)Cc1ccc2c(c1O)C(=O)O[C@H](C[C@H](O)/C=C/c1coc(C[C@H](O)[C@H](C)[C@H](O)CC)n1)C2. The Kier molecular flexibility index (Phi) is 9.70. The van der Waals surface area contributed by atoms with Crippen molar-refractivity contribution in [3.8, 4) is 5.75 Å². The Hall–Kier alpha value is -2.68. The predicted octanol–water partition coefficient (Wildman–Crippen LogP) is 3.83. The highest BCUT2D eigenvalue weighted by Gasteiger charge is 2.31. The fourth-order valence-electron chi connectivity index (χ4n) is 4.43. The quantitative estimate of drug-likeness (QED) is 0.323. The third-order valence-electron chi connectivity index (χ3n) is 7.12. The molecule has 8 heteroatoms. The Morgan fingerprint density at radius 3 is 2.56 bits per heavy atom. The number of hydrogen-bond acceptors (Lipinski definition) is 8. The molecule has 0 fully saturated rings. The molecule has 1 aliphatic rings. The third-order valence-corrected chi connectivity index (χ3v) is 7.12. The van der Waals surface area contributed by atoms with Crippen LogP contribution in [0.3, 0.4) is 0 Å². The van der Waals surface area contributed by atoms with Crippen molar-refractivity contribution in [1.82, 2.24) is 4.98 Å². The van der Waals surface area contributed by atoms with E-state index in [0.29, 0.717) is 36.8 Å². The molecule has 0 spiro atoms. The number of rotatable bonds is 12. The van der Waals surface area contributed by atoms with Crippen molar-refractivity contribution in [2.24, 2.45) is 11.8 Å². The number of ether oxygens (including phenoxy) is 1. The molecule has 6 atom stereocenters. The predicted molar refractivity (Wildman–Crippen MR) is 136 cm³/mol. The second-order valence-corrected chi connectivity index (χ2v) is 9.99. The first-order valence-corrected chi connectivity index (χ1v) is 12.8. The molecule has 0 aliphatic carbocycles. The molecule has 0 radical (unpaired) electrons. The lowest BCUT2D eigenvalue weighted by Crippen LogP contribution is -2.30. The van der Waals surface area contributed by atoms with Crippen LogP contribution in [-0.2, 0) is 24.0 Å². The molecule has 0 bridgehead atoms. The summed E-state index contributed by atoms with van der Waals surface area (Å²) in [5.74, 6) is -0.131. The number of benzene rings is 1. The van der Waals surface area contributed by atoms with Crippen LogP contribution < -0.4 is 0 Å². The summed E-state index contributed by atoms with van der Waals surface area (Å²) >= 11 is 0. The van der Waals surface area contributed by atoms with E-state index in [1.165, 1.54) is 6.26 Å². The number of esters is 1. The van der Waals surface area contributed by atoms with E-state index in [-0.39, 0.29) is 30.1 Å². The highest BCUT2D eigenvalue weighted by atomic mass is 16.5. The van der Waals surface area contributed by atoms with Crippen molar-refractivity contribution < 1.29 is 34.4 Å². The second kappa shape index (κ2) is 12.5. The minimum absolute atomic E-state index is 0.00208. The average Bonchev–Trinajstić information content (AvgIpc) is 3.30. The largest absolute Gasteiger partial charge is 0.507 e. The molecule has 1 aromatic heterocycles. The molecular weight excluding hydrogens is 462 g/mol. The van der Waals surface area contributed by atoms with Gasteiger partial charge in [-0.05, 0) is 36.0 Å². The molecule has 0 saturated heterocycles. The molecule has 2 aromatic rings. The normalized spacial score (nSPS) is 20.0. The molecule has 0 saturated carbocycles. The lowest BCUT2D eigenvalue weighted by atomic mass is 9.90. The molecule has 3 rings (SSSR count). The Morgan fingerprint density at radius 1 is 1.11 bits per heavy atom. The summed E-state index contributed by atoms with van der Waals surface area (Å²) in [6.07, 6.45) is 4.84. The number of cyclic esters (lactones) is 1. The molecule has 2 heterocycles. The minimum atomic E-state index is -0.881. The molecule has 198 valence electrons. The second-order valence-electron chi connectivity index (χ2n) is 9.99. The molecule has 1 aromatic carbocycles. The van der Waals surface area contributed by atoms with Gasteiger partial charge < -0.3 is 29.6 Å². The number of oxazole rings is 1. The first-order valence-electron chi connectivity index (χ1n) is 12.8. The van der Waals surface area contributed by atoms with Gasteiger partial charge in [0, 0.05) is 18.8 Å². The molecule has 36 heavy (non-hydrogen) atoms. The third kappa shape index (κ3) is 6.96. The molecule has 0 amide bonds. The van der Waals surface area contributed by atoms with Gasteiger partial charge in [-0.15, -0.1) is 0 Å². The van der Waals surface area contributed by atoms with E-state index in [1.807, 2.05) is 19.1 Å². The maximum atomic E-state index is 12.6. The summed E-state index contributed by atoms with van der Waals surface area (Å²) in [5.41, 5.74) is 2.19. The van der Waals surface area contributed by atoms with Gasteiger partial charge in [0.2, 0.25) is 0 Å². The van der Waals surface area contributed by atoms with Crippen LogP contribution in [0.15, 0.2) is 28.9 Å². The number of aliphatic hydroxyl groups is 3. The van der Waals surface area contributed by atoms with Crippen molar-refractivity contribution in [3.63, 3.8) is 0 Å². The molecular formula is C28H39NO7. The number of aromatic hydroxyl groups is 1. The Labute approximate surface area is 212 Å². The first-order chi connectivity index (χ1) is 17.1. The van der Waals surface area contributed by atoms with Crippen LogP contribution in [0.4, 0.5) is 0 Å². The van der Waals surface area contributed by atoms with Gasteiger partial charge in [0.1, 0.15) is 29.4 Å². The fraction of sp³-hybridized carbons (Fsp3) is 0.571. The molecule has 0 unspecified atom stereocenters. The number of carbonyl (C=O) groups is 1. The lowest BCUT2D eigenvalue weighted by molar-refractivity contribution is 0.0144. The zero-order valence-corrected chi connectivity index (χ0v) is 21.6. The van der Waals surface area contributed by atoms with Crippen molar-refractivity contribution in [1.29, 1.82) is 0 Å². The number of hydrogen-bond donors (Lipinski definition) is 4. The van der Waals surface area contributed by atoms with Gasteiger partial charge in [0.15, 0.2) is 5.89 Å². The maximum Gasteiger partial charge on any atom is 0.342 e. The zero-order valence-electron chi connectivity index (χ0n) is 21.6. The summed E-state index contributed by atoms with van der Waals surface area (Å²) in [5, 5.41) is 41.3. The Morgan fingerprint density at radius 2 is 1.86 bits per heavy atom. The average molecular weight is 502 g/mol. The minimum Gasteiger partial charge on any atom is -0.507 e. The molecule has 4 N–H and O–H groups in total. The number of carbonyl (C=O) groups excluding carboxylic acids is 1. The van der Waals surface area contributed by atoms with Crippen molar-refractivity contribution in [2.75, 3.05) is 0 Å². The number of aromatic nitrogens is 1. The highest BCUT2D eigenvalue weighted by Crippen LogP contribution is 2.34. The summed E-state index contributed by atoms with van der Waals surface area (Å²) in [6.45, 7) is 7.83. The number of phenols is 1. The van der Waals surface area contributed by atoms with E-state index in [2.05, 4.69) is 18.8 Å². The fourth-order valence-corrected chi connectivity index (χ4v) is 4.43. The van der Waals surface area contributed by atoms with Gasteiger partial charge in [-0.2, -0.15) is 0 Å². The van der Waals surface area contributed by atoms with E-state index in [1.54, 1.807) is 19.1 Å². The number of fused-ring (bicyclic) bond motifs is 1. The smallest absolute Gasteiger partial charge is 0.342 e. The Bertz CT molecular complexity index is 1050. The Balaban J connectivity index is 1.57. The van der Waals surface area contributed by atoms with Crippen LogP contribution in [0, 0.1) is 11.8 Å². The summed E-state index contributed by atoms with van der Waals surface area (Å²) in [7, 11) is 0. The lowest BCUT2D eigenvalue weighted by Gasteiger charge is -2.27. The van der Waals surface area contributed by atoms with Gasteiger partial charge in [-0.25, -0.2) is 9.78 Å². The summed E-state index contributed by atoms with van der Waals surface area (Å²) in [4.78, 5) is 16.9. The monoisotopic (exact) mass is 501 g/mol. The van der Waals surface area contributed by atoms with Crippen LogP contribution in [0.2, 0.25) is 0 Å². The topological polar surface area (TPSA) is 133 Å². The number of nitrogens with zero attached hydrogens (tertiary/aromatic N) is 1. The van der Waals surface area contributed by atoms with Gasteiger partial charge >= 0.3 is 5.97 Å². The van der Waals surface area contributed by atoms with Crippen LogP contribution in [0.1, 0.15) is 80.0 Å². The van der Waals surface area contributed by atoms with E-state index in [4.69, 9.17) is 9.15 Å². The van der Waals surface area contributed by atoms with Crippen molar-refractivity contribution in [2.45, 2.75) is 90.6 Å². The standard InChI is InChI=1S/C28H39NO7/c1-5-16(3)11-19-8-7-18-12-22(36-28(34)26(18)27(19)33)13-21(30)10-9-20-15-35-25(29-20)14-24(32)17(4)23(31)6-2/h7-10,15-17,21-24,30-33H,5-6,11-14H2,1-4H3/b10-9+/t16-,17+,21+,22-,23+,24-/m0/s1. The first kappa shape index (κ1) is 27.9. The van der Waals surface area contributed by atoms with Crippen molar-refractivity contribution >= 4 is 12.0 Å². The number of aliphatic hydroxyl groups excluding tert-OH is 3. The highest BCUT2D eigenvalue weighted by molar-refractivity contribution is 5.95. The van der Waals surface area contributed by atoms with E-state index >= 15 is 0 Å². The van der Waals surface area contributed by atoms with Gasteiger partial charge in [-0.3, -0.25) is 0 Å². The molecule has 1 aliphatic heterocycles. The summed E-state index contributed by atoms with van der Waals surface area (Å²) in [6, 6.07) is 3.74. The van der Waals surface area contributed by atoms with Crippen LogP contribution in [0.5, 0.6) is 5.75 Å². The van der Waals surface area contributed by atoms with Crippen molar-refractivity contribution in [3.05, 3.63) is 52.7 Å². The zero-order chi connectivity index (χ0) is 26.4. The maximum absolute atomic E-state index is 12.6. The summed E-state index contributed by atoms with van der Waals surface area (Å²) < 4.78 is 10.9. The van der Waals surface area contributed by atoms with Gasteiger partial charge in [0.05, 0.1) is 24.7 Å². The van der Waals surface area contributed by atoms with Crippen LogP contribution >= 0.6 is 0 Å². The number of phenolic OH excluding ortho intramolecular Hbond substituents is 1. The van der Waals surface area contributed by atoms with Crippen LogP contribution in [-0.4, -0.2) is 55.8 Å². The molecule has 8 nitrogen and oxygen atoms in total. The van der Waals surface area contributed by atoms with E-state index in [9.17, 15) is 25.2 Å².